The van der Waals surface area contributed by atoms with Crippen LogP contribution in [0.1, 0.15) is 41.0 Å². The number of rotatable bonds is 4. The Balaban J connectivity index is 2.59. The minimum atomic E-state index is -0.979. The summed E-state index contributed by atoms with van der Waals surface area (Å²) in [5, 5.41) is 9.24. The first-order valence-corrected chi connectivity index (χ1v) is 6.02. The van der Waals surface area contributed by atoms with Gasteiger partial charge < -0.3 is 14.7 Å². The minimum Gasteiger partial charge on any atom is -0.476 e. The van der Waals surface area contributed by atoms with Crippen molar-refractivity contribution in [2.45, 2.75) is 33.6 Å². The van der Waals surface area contributed by atoms with Crippen molar-refractivity contribution in [3.05, 3.63) is 35.0 Å². The van der Waals surface area contributed by atoms with Crippen molar-refractivity contribution in [1.29, 1.82) is 0 Å². The number of aromatic carboxylic acids is 1. The van der Waals surface area contributed by atoms with Crippen LogP contribution in [-0.4, -0.2) is 25.6 Å². The van der Waals surface area contributed by atoms with Crippen LogP contribution >= 0.6 is 0 Å². The van der Waals surface area contributed by atoms with Gasteiger partial charge in [0.05, 0.1) is 0 Å². The fourth-order valence-electron chi connectivity index (χ4n) is 2.08. The van der Waals surface area contributed by atoms with Crippen LogP contribution < -0.4 is 0 Å². The van der Waals surface area contributed by atoms with Gasteiger partial charge in [-0.1, -0.05) is 6.92 Å². The van der Waals surface area contributed by atoms with Gasteiger partial charge in [-0.05, 0) is 32.4 Å². The first-order valence-electron chi connectivity index (χ1n) is 6.02. The molecule has 0 bridgehead atoms. The van der Waals surface area contributed by atoms with E-state index < -0.39 is 5.97 Å². The van der Waals surface area contributed by atoms with E-state index >= 15 is 0 Å². The molecule has 2 N–H and O–H groups in total. The van der Waals surface area contributed by atoms with Crippen LogP contribution in [0.5, 0.6) is 0 Å². The number of hydrogen-bond acceptors (Lipinski definition) is 2. The number of aryl methyl sites for hydroxylation is 3. The highest BCUT2D eigenvalue weighted by Crippen LogP contribution is 2.19. The average Bonchev–Trinajstić information content (AvgIpc) is 2.84. The second-order valence-corrected chi connectivity index (χ2v) is 4.39. The summed E-state index contributed by atoms with van der Waals surface area (Å²) >= 11 is 0. The molecule has 0 aliphatic rings. The van der Waals surface area contributed by atoms with Crippen molar-refractivity contribution >= 4 is 5.97 Å². The van der Waals surface area contributed by atoms with Crippen molar-refractivity contribution in [3.63, 3.8) is 0 Å². The Labute approximate surface area is 105 Å². The Morgan fingerprint density at radius 3 is 2.50 bits per heavy atom. The van der Waals surface area contributed by atoms with Crippen molar-refractivity contribution in [2.24, 2.45) is 0 Å². The summed E-state index contributed by atoms with van der Waals surface area (Å²) in [4.78, 5) is 18.6. The number of hydrogen-bond donors (Lipinski definition) is 2. The summed E-state index contributed by atoms with van der Waals surface area (Å²) in [7, 11) is 0. The van der Waals surface area contributed by atoms with E-state index in [4.69, 9.17) is 0 Å². The van der Waals surface area contributed by atoms with Crippen LogP contribution in [0.3, 0.4) is 0 Å². The van der Waals surface area contributed by atoms with E-state index in [1.807, 2.05) is 37.5 Å². The lowest BCUT2D eigenvalue weighted by Gasteiger charge is -2.06. The van der Waals surface area contributed by atoms with E-state index in [1.165, 1.54) is 0 Å². The zero-order valence-electron chi connectivity index (χ0n) is 10.8. The Hall–Kier alpha value is -2.04. The molecule has 0 radical (unpaired) electrons. The molecule has 0 unspecified atom stereocenters. The standard InChI is InChI=1S/C13H17N3O2/c1-4-5-10-14-11(13(17)18)12(15-10)16-8(2)6-7-9(16)3/h6-7H,4-5H2,1-3H3,(H,14,15)(H,17,18). The van der Waals surface area contributed by atoms with Crippen LogP contribution in [0.25, 0.3) is 5.82 Å². The highest BCUT2D eigenvalue weighted by atomic mass is 16.4. The van der Waals surface area contributed by atoms with Gasteiger partial charge in [0.1, 0.15) is 5.82 Å². The van der Waals surface area contributed by atoms with Crippen molar-refractivity contribution in [3.8, 4) is 5.82 Å². The molecule has 5 nitrogen and oxygen atoms in total. The summed E-state index contributed by atoms with van der Waals surface area (Å²) in [6.07, 6.45) is 1.68. The first kappa shape index (κ1) is 12.4. The number of H-pyrrole nitrogens is 1. The van der Waals surface area contributed by atoms with Crippen LogP contribution in [0.2, 0.25) is 0 Å². The van der Waals surface area contributed by atoms with Gasteiger partial charge in [0.25, 0.3) is 0 Å². The Morgan fingerprint density at radius 2 is 2.00 bits per heavy atom. The van der Waals surface area contributed by atoms with Gasteiger partial charge in [-0.3, -0.25) is 0 Å². The van der Waals surface area contributed by atoms with E-state index in [2.05, 4.69) is 9.97 Å². The quantitative estimate of drug-likeness (QED) is 0.871. The van der Waals surface area contributed by atoms with Gasteiger partial charge in [-0.2, -0.15) is 0 Å². The smallest absolute Gasteiger partial charge is 0.356 e. The van der Waals surface area contributed by atoms with Crippen molar-refractivity contribution in [1.82, 2.24) is 14.5 Å². The Morgan fingerprint density at radius 1 is 1.39 bits per heavy atom. The molecule has 2 rings (SSSR count). The molecule has 0 aliphatic heterocycles. The van der Waals surface area contributed by atoms with Crippen LogP contribution in [-0.2, 0) is 6.42 Å². The monoisotopic (exact) mass is 247 g/mol. The summed E-state index contributed by atoms with van der Waals surface area (Å²) in [5.74, 6) is 0.218. The third-order valence-electron chi connectivity index (χ3n) is 2.92. The number of carbonyl (C=O) groups is 1. The predicted octanol–water partition coefficient (Wildman–Crippen LogP) is 2.47. The van der Waals surface area contributed by atoms with Gasteiger partial charge in [0.2, 0.25) is 0 Å². The number of carboxylic acids is 1. The van der Waals surface area contributed by atoms with Gasteiger partial charge in [-0.25, -0.2) is 9.78 Å². The van der Waals surface area contributed by atoms with Crippen LogP contribution in [0.4, 0.5) is 0 Å². The minimum absolute atomic E-state index is 0.154. The van der Waals surface area contributed by atoms with Crippen LogP contribution in [0, 0.1) is 13.8 Å². The maximum Gasteiger partial charge on any atom is 0.356 e. The van der Waals surface area contributed by atoms with Gasteiger partial charge in [0.15, 0.2) is 11.5 Å². The molecule has 0 saturated heterocycles. The second-order valence-electron chi connectivity index (χ2n) is 4.39. The number of aromatic nitrogens is 3. The number of imidazole rings is 1. The topological polar surface area (TPSA) is 70.9 Å². The lowest BCUT2D eigenvalue weighted by Crippen LogP contribution is -2.07. The maximum absolute atomic E-state index is 11.3. The normalized spacial score (nSPS) is 10.8. The molecule has 2 aromatic rings. The molecule has 0 saturated carbocycles. The largest absolute Gasteiger partial charge is 0.476 e. The Kier molecular flexibility index (Phi) is 3.23. The zero-order chi connectivity index (χ0) is 13.3. The summed E-state index contributed by atoms with van der Waals surface area (Å²) < 4.78 is 1.86. The molecule has 2 heterocycles. The Bertz CT molecular complexity index is 562. The first-order chi connectivity index (χ1) is 8.54. The summed E-state index contributed by atoms with van der Waals surface area (Å²) in [6, 6.07) is 3.91. The maximum atomic E-state index is 11.3. The zero-order valence-corrected chi connectivity index (χ0v) is 10.8. The molecule has 0 aromatic carbocycles. The molecule has 0 aliphatic carbocycles. The van der Waals surface area contributed by atoms with E-state index in [1.54, 1.807) is 0 Å². The van der Waals surface area contributed by atoms with E-state index in [-0.39, 0.29) is 5.69 Å². The molecule has 0 spiro atoms. The van der Waals surface area contributed by atoms with Crippen molar-refractivity contribution < 1.29 is 9.90 Å². The fourth-order valence-corrected chi connectivity index (χ4v) is 2.08. The third kappa shape index (κ3) is 2.03. The number of carboxylic acid groups (broad SMARTS) is 1. The fraction of sp³-hybridized carbons (Fsp3) is 0.385. The second kappa shape index (κ2) is 4.68. The molecular weight excluding hydrogens is 230 g/mol. The average molecular weight is 247 g/mol. The molecule has 0 atom stereocenters. The third-order valence-corrected chi connectivity index (χ3v) is 2.92. The summed E-state index contributed by atoms with van der Waals surface area (Å²) in [5.41, 5.74) is 2.11. The van der Waals surface area contributed by atoms with Gasteiger partial charge in [-0.15, -0.1) is 0 Å². The highest BCUT2D eigenvalue weighted by molar-refractivity contribution is 5.89. The lowest BCUT2D eigenvalue weighted by molar-refractivity contribution is 0.0691. The molecule has 2 aromatic heterocycles. The summed E-state index contributed by atoms with van der Waals surface area (Å²) in [6.45, 7) is 5.91. The predicted molar refractivity (Wildman–Crippen MR) is 68.3 cm³/mol. The molecule has 5 heteroatoms. The molecular formula is C13H17N3O2. The van der Waals surface area contributed by atoms with Gasteiger partial charge in [0, 0.05) is 17.8 Å². The molecule has 96 valence electrons. The molecule has 0 amide bonds. The van der Waals surface area contributed by atoms with E-state index in [9.17, 15) is 9.90 Å². The van der Waals surface area contributed by atoms with E-state index in [0.29, 0.717) is 5.82 Å². The molecule has 18 heavy (non-hydrogen) atoms. The molecule has 0 fully saturated rings. The number of nitrogens with one attached hydrogen (secondary N) is 1. The van der Waals surface area contributed by atoms with Crippen molar-refractivity contribution in [2.75, 3.05) is 0 Å². The SMILES string of the molecule is CCCc1nc(-n2c(C)ccc2C)c(C(=O)O)[nH]1. The number of nitrogens with zero attached hydrogens (tertiary/aromatic N) is 2. The highest BCUT2D eigenvalue weighted by Gasteiger charge is 2.19. The van der Waals surface area contributed by atoms with Crippen LogP contribution in [0.15, 0.2) is 12.1 Å². The van der Waals surface area contributed by atoms with Gasteiger partial charge >= 0.3 is 5.97 Å². The van der Waals surface area contributed by atoms with E-state index in [0.717, 1.165) is 30.1 Å². The lowest BCUT2D eigenvalue weighted by atomic mass is 10.3. The number of aromatic amines is 1.